The molecule has 21 heavy (non-hydrogen) atoms. The maximum absolute atomic E-state index is 12.3. The highest BCUT2D eigenvalue weighted by molar-refractivity contribution is 7.92. The van der Waals surface area contributed by atoms with Crippen LogP contribution in [-0.4, -0.2) is 35.9 Å². The molecule has 118 valence electrons. The number of rotatable bonds is 4. The number of sulfone groups is 1. The van der Waals surface area contributed by atoms with Crippen molar-refractivity contribution < 1.29 is 13.5 Å². The summed E-state index contributed by atoms with van der Waals surface area (Å²) in [7, 11) is -3.41. The van der Waals surface area contributed by atoms with Crippen molar-refractivity contribution in [2.45, 2.75) is 55.8 Å². The molecular formula is C15H24N2O3S. The van der Waals surface area contributed by atoms with Crippen molar-refractivity contribution in [3.8, 4) is 0 Å². The van der Waals surface area contributed by atoms with Crippen LogP contribution in [0.15, 0.2) is 23.4 Å². The van der Waals surface area contributed by atoms with E-state index in [2.05, 4.69) is 10.3 Å². The molecule has 1 aromatic heterocycles. The Bertz CT molecular complexity index is 576. The normalized spacial score (nSPS) is 23.2. The van der Waals surface area contributed by atoms with Gasteiger partial charge in [-0.3, -0.25) is 0 Å². The first-order valence-corrected chi connectivity index (χ1v) is 8.82. The molecule has 0 radical (unpaired) electrons. The van der Waals surface area contributed by atoms with E-state index in [1.165, 1.54) is 0 Å². The van der Waals surface area contributed by atoms with Crippen LogP contribution in [0.5, 0.6) is 0 Å². The predicted octanol–water partition coefficient (Wildman–Crippen LogP) is 2.23. The Morgan fingerprint density at radius 1 is 1.33 bits per heavy atom. The molecule has 2 atom stereocenters. The lowest BCUT2D eigenvalue weighted by Crippen LogP contribution is -2.29. The lowest BCUT2D eigenvalue weighted by molar-refractivity contribution is 0.222. The Hall–Kier alpha value is -1.14. The topological polar surface area (TPSA) is 79.3 Å². The van der Waals surface area contributed by atoms with Crippen LogP contribution in [0.1, 0.15) is 40.0 Å². The Morgan fingerprint density at radius 3 is 2.57 bits per heavy atom. The van der Waals surface area contributed by atoms with Crippen LogP contribution < -0.4 is 5.32 Å². The average Bonchev–Trinajstić information content (AvgIpc) is 2.85. The molecule has 2 N–H and O–H groups in total. The smallest absolute Gasteiger partial charge is 0.200 e. The van der Waals surface area contributed by atoms with Gasteiger partial charge < -0.3 is 10.4 Å². The lowest BCUT2D eigenvalue weighted by atomic mass is 10.1. The Morgan fingerprint density at radius 2 is 2.05 bits per heavy atom. The van der Waals surface area contributed by atoms with Crippen LogP contribution in [0.4, 0.5) is 5.69 Å². The number of aliphatic hydroxyl groups is 1. The zero-order chi connectivity index (χ0) is 15.7. The maximum atomic E-state index is 12.3. The molecule has 0 saturated heterocycles. The lowest BCUT2D eigenvalue weighted by Gasteiger charge is -2.21. The number of nitrogens with one attached hydrogen (secondary N) is 1. The van der Waals surface area contributed by atoms with Crippen LogP contribution in [-0.2, 0) is 9.84 Å². The minimum absolute atomic E-state index is 0.102. The van der Waals surface area contributed by atoms with Gasteiger partial charge in [0.1, 0.15) is 0 Å². The summed E-state index contributed by atoms with van der Waals surface area (Å²) < 4.78 is 23.7. The number of pyridine rings is 1. The van der Waals surface area contributed by atoms with Crippen LogP contribution in [0.2, 0.25) is 0 Å². The summed E-state index contributed by atoms with van der Waals surface area (Å²) in [5.41, 5.74) is 0.799. The van der Waals surface area contributed by atoms with Gasteiger partial charge in [-0.25, -0.2) is 13.4 Å². The quantitative estimate of drug-likeness (QED) is 0.891. The van der Waals surface area contributed by atoms with E-state index in [0.29, 0.717) is 0 Å². The van der Waals surface area contributed by atoms with Crippen LogP contribution in [0.25, 0.3) is 0 Å². The van der Waals surface area contributed by atoms with E-state index in [9.17, 15) is 13.5 Å². The summed E-state index contributed by atoms with van der Waals surface area (Å²) in [4.78, 5) is 4.10. The van der Waals surface area contributed by atoms with Crippen molar-refractivity contribution in [1.82, 2.24) is 4.98 Å². The first kappa shape index (κ1) is 16.2. The van der Waals surface area contributed by atoms with Gasteiger partial charge in [0.05, 0.1) is 16.6 Å². The Balaban J connectivity index is 2.13. The fourth-order valence-corrected chi connectivity index (χ4v) is 3.66. The average molecular weight is 312 g/mol. The number of aromatic nitrogens is 1. The predicted molar refractivity (Wildman–Crippen MR) is 83.0 cm³/mol. The Labute approximate surface area is 126 Å². The summed E-state index contributed by atoms with van der Waals surface area (Å²) in [5.74, 6) is 0.267. The molecule has 0 aromatic carbocycles. The summed E-state index contributed by atoms with van der Waals surface area (Å²) in [6, 6.07) is 3.53. The zero-order valence-corrected chi connectivity index (χ0v) is 13.7. The number of anilines is 1. The van der Waals surface area contributed by atoms with E-state index in [1.807, 2.05) is 0 Å². The minimum atomic E-state index is -3.41. The van der Waals surface area contributed by atoms with Crippen LogP contribution in [0.3, 0.4) is 0 Å². The monoisotopic (exact) mass is 312 g/mol. The van der Waals surface area contributed by atoms with E-state index in [4.69, 9.17) is 0 Å². The molecular weight excluding hydrogens is 288 g/mol. The molecule has 1 fully saturated rings. The van der Waals surface area contributed by atoms with Crippen molar-refractivity contribution in [2.24, 2.45) is 5.92 Å². The van der Waals surface area contributed by atoms with Gasteiger partial charge in [0.25, 0.3) is 0 Å². The fraction of sp³-hybridized carbons (Fsp3) is 0.667. The summed E-state index contributed by atoms with van der Waals surface area (Å²) >= 11 is 0. The fourth-order valence-electron chi connectivity index (χ4n) is 2.60. The zero-order valence-electron chi connectivity index (χ0n) is 12.8. The van der Waals surface area contributed by atoms with E-state index in [1.54, 1.807) is 39.1 Å². The molecule has 1 aliphatic rings. The summed E-state index contributed by atoms with van der Waals surface area (Å²) in [5, 5.41) is 12.8. The van der Waals surface area contributed by atoms with Crippen molar-refractivity contribution in [3.05, 3.63) is 18.3 Å². The Kier molecular flexibility index (Phi) is 4.58. The van der Waals surface area contributed by atoms with Gasteiger partial charge in [0.2, 0.25) is 0 Å². The third-order valence-corrected chi connectivity index (χ3v) is 6.47. The molecule has 0 spiro atoms. The number of aliphatic hydroxyl groups excluding tert-OH is 1. The molecule has 0 amide bonds. The van der Waals surface area contributed by atoms with Crippen LogP contribution in [0, 0.1) is 5.92 Å². The van der Waals surface area contributed by atoms with E-state index < -0.39 is 14.6 Å². The first-order chi connectivity index (χ1) is 9.75. The van der Waals surface area contributed by atoms with Gasteiger partial charge in [-0.2, -0.15) is 0 Å². The highest BCUT2D eigenvalue weighted by atomic mass is 32.2. The molecule has 0 unspecified atom stereocenters. The third kappa shape index (κ3) is 3.37. The van der Waals surface area contributed by atoms with Crippen molar-refractivity contribution in [2.75, 3.05) is 11.9 Å². The minimum Gasteiger partial charge on any atom is -0.396 e. The molecule has 1 aliphatic carbocycles. The molecule has 1 saturated carbocycles. The van der Waals surface area contributed by atoms with Gasteiger partial charge in [-0.05, 0) is 45.7 Å². The van der Waals surface area contributed by atoms with E-state index in [-0.39, 0.29) is 23.6 Å². The SMILES string of the molecule is CC(C)(C)S(=O)(=O)c1ccc(N[C@@H]2CCC[C@H]2CO)cn1. The van der Waals surface area contributed by atoms with E-state index in [0.717, 1.165) is 24.9 Å². The standard InChI is InChI=1S/C15H24N2O3S/c1-15(2,3)21(19,20)14-8-7-12(9-16-14)17-13-6-4-5-11(13)10-18/h7-9,11,13,17-18H,4-6,10H2,1-3H3/t11-,13+/m0/s1. The summed E-state index contributed by atoms with van der Waals surface area (Å²) in [6.45, 7) is 5.18. The first-order valence-electron chi connectivity index (χ1n) is 7.34. The van der Waals surface area contributed by atoms with Gasteiger partial charge in [-0.15, -0.1) is 0 Å². The second kappa shape index (κ2) is 5.93. The molecule has 0 bridgehead atoms. The van der Waals surface area contributed by atoms with Gasteiger partial charge in [0, 0.05) is 18.6 Å². The number of hydrogen-bond acceptors (Lipinski definition) is 5. The maximum Gasteiger partial charge on any atom is 0.200 e. The highest BCUT2D eigenvalue weighted by Crippen LogP contribution is 2.29. The highest BCUT2D eigenvalue weighted by Gasteiger charge is 2.32. The molecule has 0 aliphatic heterocycles. The molecule has 6 heteroatoms. The third-order valence-electron chi connectivity index (χ3n) is 4.06. The van der Waals surface area contributed by atoms with Gasteiger partial charge in [-0.1, -0.05) is 6.42 Å². The molecule has 1 heterocycles. The summed E-state index contributed by atoms with van der Waals surface area (Å²) in [6.07, 6.45) is 4.71. The van der Waals surface area contributed by atoms with Gasteiger partial charge >= 0.3 is 0 Å². The van der Waals surface area contributed by atoms with Crippen molar-refractivity contribution >= 4 is 15.5 Å². The van der Waals surface area contributed by atoms with Crippen molar-refractivity contribution in [1.29, 1.82) is 0 Å². The van der Waals surface area contributed by atoms with Gasteiger partial charge in [0.15, 0.2) is 14.9 Å². The van der Waals surface area contributed by atoms with Crippen LogP contribution >= 0.6 is 0 Å². The molecule has 5 nitrogen and oxygen atoms in total. The van der Waals surface area contributed by atoms with Crippen molar-refractivity contribution in [3.63, 3.8) is 0 Å². The second-order valence-electron chi connectivity index (χ2n) is 6.63. The second-order valence-corrected chi connectivity index (χ2v) is 9.28. The molecule has 1 aromatic rings. The number of hydrogen-bond donors (Lipinski definition) is 2. The van der Waals surface area contributed by atoms with E-state index >= 15 is 0 Å². The molecule has 2 rings (SSSR count). The number of nitrogens with zero attached hydrogens (tertiary/aromatic N) is 1. The largest absolute Gasteiger partial charge is 0.396 e.